The Labute approximate surface area is 438 Å². The lowest BCUT2D eigenvalue weighted by Gasteiger charge is -2.27. The summed E-state index contributed by atoms with van der Waals surface area (Å²) < 4.78 is 10.1. The largest absolute Gasteiger partial charge is 0.309 e. The third-order valence-electron chi connectivity index (χ3n) is 16.2. The van der Waals surface area contributed by atoms with Crippen LogP contribution in [0, 0.1) is 0 Å². The number of rotatable bonds is 7. The van der Waals surface area contributed by atoms with Gasteiger partial charge < -0.3 is 18.3 Å². The average Bonchev–Trinajstić information content (AvgIpc) is 4.33. The maximum Gasteiger partial charge on any atom is 0.242 e. The number of para-hydroxylation sites is 6. The molecule has 4 N–H and O–H groups in total. The molecule has 0 aliphatic carbocycles. The van der Waals surface area contributed by atoms with Crippen molar-refractivity contribution in [3.8, 4) is 22.7 Å². The summed E-state index contributed by atoms with van der Waals surface area (Å²) in [6.07, 6.45) is 2.60. The van der Waals surface area contributed by atoms with E-state index in [-0.39, 0.29) is 12.2 Å². The van der Waals surface area contributed by atoms with E-state index in [1.165, 1.54) is 104 Å². The van der Waals surface area contributed by atoms with E-state index < -0.39 is 0 Å². The first kappa shape index (κ1) is 42.8. The molecule has 2 atom stereocenters. The topological polar surface area (TPSA) is 52.9 Å². The molecule has 0 spiro atoms. The summed E-state index contributed by atoms with van der Waals surface area (Å²) >= 11 is 0. The van der Waals surface area contributed by atoms with Gasteiger partial charge in [0.25, 0.3) is 0 Å². The Bertz CT molecular complexity index is 4790. The Kier molecular flexibility index (Phi) is 9.52. The minimum Gasteiger partial charge on any atom is -0.309 e. The van der Waals surface area contributed by atoms with Crippen LogP contribution >= 0.6 is 0 Å². The monoisotopic (exact) mass is 974 g/mol. The SMILES string of the molecule is C1=C(c2ccccc2)[NH2+]C(c2ccccc2)[NH2+]C1c1cc2c3cc(-n4c5ccccc5c5ccc6c(c7ccccc7n6-c6ccccc6)c54)ccc3n(-c3ccccc3)c2c2c3ccccc3n(-c3ccccc3)c12. The van der Waals surface area contributed by atoms with Crippen LogP contribution in [-0.2, 0) is 0 Å². The first-order chi connectivity index (χ1) is 37.7. The van der Waals surface area contributed by atoms with Crippen LogP contribution in [0.1, 0.15) is 28.9 Å². The van der Waals surface area contributed by atoms with Gasteiger partial charge in [-0.2, -0.15) is 0 Å². The van der Waals surface area contributed by atoms with Crippen molar-refractivity contribution in [2.75, 3.05) is 0 Å². The van der Waals surface area contributed by atoms with Gasteiger partial charge in [0.1, 0.15) is 11.7 Å². The summed E-state index contributed by atoms with van der Waals surface area (Å²) in [5.41, 5.74) is 19.1. The summed E-state index contributed by atoms with van der Waals surface area (Å²) in [6.45, 7) is 0. The summed E-state index contributed by atoms with van der Waals surface area (Å²) in [4.78, 5) is 0. The van der Waals surface area contributed by atoms with E-state index in [4.69, 9.17) is 0 Å². The molecule has 76 heavy (non-hydrogen) atoms. The van der Waals surface area contributed by atoms with Crippen LogP contribution in [0.5, 0.6) is 0 Å². The van der Waals surface area contributed by atoms with Crippen LogP contribution < -0.4 is 10.6 Å². The van der Waals surface area contributed by atoms with E-state index in [2.05, 4.69) is 296 Å². The Morgan fingerprint density at radius 1 is 0.303 bits per heavy atom. The molecule has 1 aliphatic heterocycles. The molecule has 2 unspecified atom stereocenters. The third kappa shape index (κ3) is 6.35. The molecule has 0 radical (unpaired) electrons. The smallest absolute Gasteiger partial charge is 0.242 e. The molecule has 6 nitrogen and oxygen atoms in total. The molecular formula is C70H50N6+2. The Balaban J connectivity index is 1.05. The van der Waals surface area contributed by atoms with Gasteiger partial charge in [-0.3, -0.25) is 10.6 Å². The predicted molar refractivity (Wildman–Crippen MR) is 314 cm³/mol. The van der Waals surface area contributed by atoms with Gasteiger partial charge in [-0.25, -0.2) is 0 Å². The van der Waals surface area contributed by atoms with E-state index in [9.17, 15) is 0 Å². The van der Waals surface area contributed by atoms with Crippen LogP contribution in [0.2, 0.25) is 0 Å². The van der Waals surface area contributed by atoms with Crippen molar-refractivity contribution in [2.24, 2.45) is 0 Å². The highest BCUT2D eigenvalue weighted by Gasteiger charge is 2.35. The standard InChI is InChI=1S/C70H48N6/c1-6-22-45(23-7-1)58-44-59(72-70(71-58)46-24-8-2-9-25-46)57-43-56-55-42-50(76-60-35-19-16-32-51(60)52-39-41-64-65(67(52)76)53-33-17-20-36-61(53)73(64)47-26-10-3-11-27-47)38-40-63(55)75(49-30-14-5-15-31-49)68(56)66-54-34-18-21-37-62(54)74(69(57)66)48-28-12-4-13-29-48/h1-44,59,70-72H/p+2. The zero-order chi connectivity index (χ0) is 49.8. The van der Waals surface area contributed by atoms with Crippen LogP contribution in [0.15, 0.2) is 267 Å². The molecule has 358 valence electrons. The number of benzene rings is 11. The number of hydrogen-bond donors (Lipinski definition) is 2. The van der Waals surface area contributed by atoms with Gasteiger partial charge in [0.15, 0.2) is 0 Å². The summed E-state index contributed by atoms with van der Waals surface area (Å²) in [6, 6.07) is 96.0. The molecule has 11 aromatic carbocycles. The molecule has 6 heteroatoms. The zero-order valence-corrected chi connectivity index (χ0v) is 41.5. The van der Waals surface area contributed by atoms with Gasteiger partial charge >= 0.3 is 0 Å². The number of hydrogen-bond acceptors (Lipinski definition) is 0. The highest BCUT2D eigenvalue weighted by molar-refractivity contribution is 6.29. The van der Waals surface area contributed by atoms with Gasteiger partial charge in [0, 0.05) is 83.0 Å². The molecule has 0 bridgehead atoms. The van der Waals surface area contributed by atoms with Gasteiger partial charge in [0.2, 0.25) is 6.17 Å². The van der Waals surface area contributed by atoms with Gasteiger partial charge in [-0.1, -0.05) is 152 Å². The first-order valence-corrected chi connectivity index (χ1v) is 26.4. The van der Waals surface area contributed by atoms with Crippen molar-refractivity contribution in [1.29, 1.82) is 0 Å². The Morgan fingerprint density at radius 2 is 0.776 bits per heavy atom. The molecule has 5 heterocycles. The normalized spacial score (nSPS) is 15.1. The first-order valence-electron chi connectivity index (χ1n) is 26.4. The van der Waals surface area contributed by atoms with E-state index in [1.807, 2.05) is 0 Å². The Morgan fingerprint density at radius 3 is 1.43 bits per heavy atom. The fourth-order valence-corrected chi connectivity index (χ4v) is 13.1. The molecular weight excluding hydrogens is 925 g/mol. The van der Waals surface area contributed by atoms with Crippen LogP contribution in [-0.4, -0.2) is 18.3 Å². The second-order valence-corrected chi connectivity index (χ2v) is 20.4. The van der Waals surface area contributed by atoms with Crippen LogP contribution in [0.3, 0.4) is 0 Å². The highest BCUT2D eigenvalue weighted by atomic mass is 15.2. The van der Waals surface area contributed by atoms with Crippen molar-refractivity contribution in [3.63, 3.8) is 0 Å². The minimum absolute atomic E-state index is 0.0463. The van der Waals surface area contributed by atoms with Crippen molar-refractivity contribution in [1.82, 2.24) is 18.3 Å². The third-order valence-corrected chi connectivity index (χ3v) is 16.2. The molecule has 1 aliphatic rings. The van der Waals surface area contributed by atoms with Crippen molar-refractivity contribution in [3.05, 3.63) is 284 Å². The summed E-state index contributed by atoms with van der Waals surface area (Å²) in [5.74, 6) is 0. The fraction of sp³-hybridized carbons (Fsp3) is 0.0286. The summed E-state index contributed by atoms with van der Waals surface area (Å²) in [7, 11) is 0. The molecule has 0 saturated carbocycles. The van der Waals surface area contributed by atoms with Crippen molar-refractivity contribution < 1.29 is 10.6 Å². The maximum atomic E-state index is 2.58. The second-order valence-electron chi connectivity index (χ2n) is 20.4. The average molecular weight is 975 g/mol. The van der Waals surface area contributed by atoms with Crippen molar-refractivity contribution in [2.45, 2.75) is 12.2 Å². The van der Waals surface area contributed by atoms with E-state index in [0.29, 0.717) is 0 Å². The summed E-state index contributed by atoms with van der Waals surface area (Å²) in [5, 5.41) is 14.9. The molecule has 0 fully saturated rings. The maximum absolute atomic E-state index is 2.58. The van der Waals surface area contributed by atoms with Gasteiger partial charge in [-0.15, -0.1) is 0 Å². The molecule has 15 aromatic rings. The van der Waals surface area contributed by atoms with Crippen molar-refractivity contribution >= 4 is 92.9 Å². The molecule has 0 amide bonds. The lowest BCUT2D eigenvalue weighted by molar-refractivity contribution is -0.903. The number of nitrogens with two attached hydrogens (primary N) is 2. The van der Waals surface area contributed by atoms with Crippen LogP contribution in [0.4, 0.5) is 0 Å². The van der Waals surface area contributed by atoms with Crippen LogP contribution in [0.25, 0.3) is 116 Å². The highest BCUT2D eigenvalue weighted by Crippen LogP contribution is 2.47. The molecule has 16 rings (SSSR count). The number of aromatic nitrogens is 4. The molecule has 4 aromatic heterocycles. The second kappa shape index (κ2) is 16.9. The van der Waals surface area contributed by atoms with Gasteiger partial charge in [-0.05, 0) is 109 Å². The fourth-order valence-electron chi connectivity index (χ4n) is 13.1. The van der Waals surface area contributed by atoms with E-state index >= 15 is 0 Å². The lowest BCUT2D eigenvalue weighted by Crippen LogP contribution is -3.07. The number of quaternary nitrogens is 2. The molecule has 0 saturated heterocycles. The Hall–Kier alpha value is -9.72. The van der Waals surface area contributed by atoms with E-state index in [1.54, 1.807) is 0 Å². The van der Waals surface area contributed by atoms with E-state index in [0.717, 1.165) is 28.3 Å². The predicted octanol–water partition coefficient (Wildman–Crippen LogP) is 15.0. The van der Waals surface area contributed by atoms with Gasteiger partial charge in [0.05, 0.1) is 49.7 Å². The quantitative estimate of drug-likeness (QED) is 0.160. The number of fused-ring (bicyclic) bond motifs is 14. The minimum atomic E-state index is -0.0463. The zero-order valence-electron chi connectivity index (χ0n) is 41.5. The number of nitrogens with zero attached hydrogens (tertiary/aromatic N) is 4. The lowest BCUT2D eigenvalue weighted by atomic mass is 9.94.